The normalized spacial score (nSPS) is 22.7. The van der Waals surface area contributed by atoms with Crippen molar-refractivity contribution in [3.63, 3.8) is 0 Å². The fourth-order valence-electron chi connectivity index (χ4n) is 3.14. The average Bonchev–Trinajstić information content (AvgIpc) is 2.70. The zero-order valence-corrected chi connectivity index (χ0v) is 12.8. The van der Waals surface area contributed by atoms with Crippen molar-refractivity contribution in [1.82, 2.24) is 10.2 Å². The van der Waals surface area contributed by atoms with Crippen LogP contribution in [0, 0.1) is 0 Å². The molecule has 1 aromatic rings. The summed E-state index contributed by atoms with van der Waals surface area (Å²) in [6.07, 6.45) is 5.26. The fraction of sp³-hybridized carbons (Fsp3) is 0.600. The van der Waals surface area contributed by atoms with Gasteiger partial charge in [0.2, 0.25) is 0 Å². The van der Waals surface area contributed by atoms with Crippen LogP contribution in [-0.4, -0.2) is 48.1 Å². The highest BCUT2D eigenvalue weighted by atomic mass is 32.2. The third kappa shape index (κ3) is 3.11. The van der Waals surface area contributed by atoms with Crippen molar-refractivity contribution in [1.29, 1.82) is 0 Å². The Bertz CT molecular complexity index is 460. The molecule has 2 heterocycles. The molecular weight excluding hydrogens is 270 g/mol. The second kappa shape index (κ2) is 6.35. The van der Waals surface area contributed by atoms with E-state index >= 15 is 0 Å². The molecule has 0 saturated carbocycles. The third-order valence-corrected chi connectivity index (χ3v) is 5.29. The Labute approximate surface area is 124 Å². The first kappa shape index (κ1) is 14.2. The maximum atomic E-state index is 11.6. The summed E-state index contributed by atoms with van der Waals surface area (Å²) < 4.78 is 11.6. The van der Waals surface area contributed by atoms with E-state index in [0.29, 0.717) is 6.04 Å². The van der Waals surface area contributed by atoms with Gasteiger partial charge in [0.15, 0.2) is 4.90 Å². The smallest absolute Gasteiger partial charge is 0.152 e. The van der Waals surface area contributed by atoms with Crippen LogP contribution in [0.4, 0.5) is 5.69 Å². The van der Waals surface area contributed by atoms with Crippen LogP contribution in [0.25, 0.3) is 0 Å². The lowest BCUT2D eigenvalue weighted by atomic mass is 10.0. The molecule has 2 N–H and O–H groups in total. The summed E-state index contributed by atoms with van der Waals surface area (Å²) in [5.41, 5.74) is 2.50. The quantitative estimate of drug-likeness (QED) is 0.810. The van der Waals surface area contributed by atoms with Gasteiger partial charge in [-0.2, -0.15) is 0 Å². The molecule has 20 heavy (non-hydrogen) atoms. The highest BCUT2D eigenvalue weighted by Gasteiger charge is 2.23. The van der Waals surface area contributed by atoms with Crippen LogP contribution in [0.3, 0.4) is 0 Å². The van der Waals surface area contributed by atoms with Crippen molar-refractivity contribution < 1.29 is 4.55 Å². The molecule has 0 aromatic heterocycles. The van der Waals surface area contributed by atoms with Gasteiger partial charge in [-0.3, -0.25) is 4.90 Å². The summed E-state index contributed by atoms with van der Waals surface area (Å²) in [5, 5.41) is 6.97. The zero-order chi connectivity index (χ0) is 13.9. The van der Waals surface area contributed by atoms with Crippen molar-refractivity contribution in [2.45, 2.75) is 30.2 Å². The van der Waals surface area contributed by atoms with Gasteiger partial charge in [-0.05, 0) is 67.3 Å². The molecule has 1 saturated heterocycles. The molecule has 5 heteroatoms. The first-order chi connectivity index (χ1) is 9.74. The van der Waals surface area contributed by atoms with E-state index in [4.69, 9.17) is 0 Å². The highest BCUT2D eigenvalue weighted by molar-refractivity contribution is 7.90. The molecule has 0 spiro atoms. The Morgan fingerprint density at radius 1 is 1.30 bits per heavy atom. The number of nitrogens with zero attached hydrogens (tertiary/aromatic N) is 1. The van der Waals surface area contributed by atoms with Crippen molar-refractivity contribution in [3.8, 4) is 0 Å². The van der Waals surface area contributed by atoms with Gasteiger partial charge in [-0.1, -0.05) is 0 Å². The molecular formula is C15H23N3OS. The van der Waals surface area contributed by atoms with Crippen molar-refractivity contribution in [2.75, 3.05) is 37.9 Å². The van der Waals surface area contributed by atoms with E-state index in [1.54, 1.807) is 6.26 Å². The molecule has 0 radical (unpaired) electrons. The minimum Gasteiger partial charge on any atom is -0.612 e. The van der Waals surface area contributed by atoms with Crippen LogP contribution in [0.15, 0.2) is 23.1 Å². The van der Waals surface area contributed by atoms with Crippen molar-refractivity contribution in [2.24, 2.45) is 0 Å². The van der Waals surface area contributed by atoms with E-state index in [-0.39, 0.29) is 0 Å². The van der Waals surface area contributed by atoms with E-state index in [1.807, 2.05) is 6.07 Å². The monoisotopic (exact) mass is 293 g/mol. The van der Waals surface area contributed by atoms with E-state index in [1.165, 1.54) is 24.1 Å². The third-order valence-electron chi connectivity index (χ3n) is 4.37. The number of rotatable bonds is 2. The Morgan fingerprint density at radius 2 is 2.10 bits per heavy atom. The zero-order valence-electron chi connectivity index (χ0n) is 12.0. The number of benzene rings is 1. The molecule has 0 bridgehead atoms. The molecule has 1 aromatic carbocycles. The average molecular weight is 293 g/mol. The number of hydrogen-bond acceptors (Lipinski definition) is 4. The summed E-state index contributed by atoms with van der Waals surface area (Å²) in [6, 6.07) is 6.85. The Kier molecular flexibility index (Phi) is 4.51. The van der Waals surface area contributed by atoms with Gasteiger partial charge in [-0.25, -0.2) is 0 Å². The van der Waals surface area contributed by atoms with Crippen LogP contribution in [0.5, 0.6) is 0 Å². The van der Waals surface area contributed by atoms with Gasteiger partial charge >= 0.3 is 0 Å². The SMILES string of the molecule is C[S+]([O-])c1ccc2c(c1)CCN(C1CCNCC1)CN2. The van der Waals surface area contributed by atoms with Crippen molar-refractivity contribution in [3.05, 3.63) is 23.8 Å². The molecule has 2 aliphatic rings. The van der Waals surface area contributed by atoms with Crippen LogP contribution in [0.2, 0.25) is 0 Å². The number of anilines is 1. The van der Waals surface area contributed by atoms with Crippen LogP contribution >= 0.6 is 0 Å². The Morgan fingerprint density at radius 3 is 2.85 bits per heavy atom. The van der Waals surface area contributed by atoms with Gasteiger partial charge in [-0.15, -0.1) is 0 Å². The maximum Gasteiger partial charge on any atom is 0.152 e. The molecule has 1 unspecified atom stereocenters. The standard InChI is InChI=1S/C15H23N3OS/c1-20(19)14-2-3-15-12(10-14)6-9-18(11-17-15)13-4-7-16-8-5-13/h2-3,10,13,16-17H,4-9,11H2,1H3. The van der Waals surface area contributed by atoms with E-state index < -0.39 is 11.2 Å². The topological polar surface area (TPSA) is 50.4 Å². The van der Waals surface area contributed by atoms with E-state index in [9.17, 15) is 4.55 Å². The predicted octanol–water partition coefficient (Wildman–Crippen LogP) is 1.40. The summed E-state index contributed by atoms with van der Waals surface area (Å²) in [6.45, 7) is 4.27. The molecule has 0 aliphatic carbocycles. The molecule has 1 fully saturated rings. The minimum absolute atomic E-state index is 0.692. The lowest BCUT2D eigenvalue weighted by Crippen LogP contribution is -2.45. The van der Waals surface area contributed by atoms with Gasteiger partial charge in [0.25, 0.3) is 0 Å². The summed E-state index contributed by atoms with van der Waals surface area (Å²) in [7, 11) is 0. The minimum atomic E-state index is -0.895. The van der Waals surface area contributed by atoms with Crippen LogP contribution < -0.4 is 10.6 Å². The van der Waals surface area contributed by atoms with Gasteiger partial charge in [0, 0.05) is 18.3 Å². The summed E-state index contributed by atoms with van der Waals surface area (Å²) in [5.74, 6) is 0. The fourth-order valence-corrected chi connectivity index (χ4v) is 3.71. The Hall–Kier alpha value is -0.750. The van der Waals surface area contributed by atoms with Crippen LogP contribution in [-0.2, 0) is 17.6 Å². The summed E-state index contributed by atoms with van der Waals surface area (Å²) in [4.78, 5) is 3.49. The number of piperidine rings is 1. The molecule has 0 amide bonds. The first-order valence-corrected chi connectivity index (χ1v) is 8.95. The number of nitrogens with one attached hydrogen (secondary N) is 2. The van der Waals surface area contributed by atoms with Gasteiger partial charge in [0.05, 0.1) is 6.67 Å². The van der Waals surface area contributed by atoms with E-state index in [2.05, 4.69) is 27.7 Å². The second-order valence-corrected chi connectivity index (χ2v) is 7.03. The molecule has 2 aliphatic heterocycles. The first-order valence-electron chi connectivity index (χ1n) is 7.39. The van der Waals surface area contributed by atoms with Crippen LogP contribution in [0.1, 0.15) is 18.4 Å². The van der Waals surface area contributed by atoms with Crippen molar-refractivity contribution >= 4 is 16.9 Å². The van der Waals surface area contributed by atoms with Gasteiger partial charge < -0.3 is 15.2 Å². The lowest BCUT2D eigenvalue weighted by Gasteiger charge is -2.33. The lowest BCUT2D eigenvalue weighted by molar-refractivity contribution is 0.177. The molecule has 3 rings (SSSR count). The summed E-state index contributed by atoms with van der Waals surface area (Å²) >= 11 is -0.895. The molecule has 110 valence electrons. The number of hydrogen-bond donors (Lipinski definition) is 2. The Balaban J connectivity index is 1.71. The number of fused-ring (bicyclic) bond motifs is 1. The predicted molar refractivity (Wildman–Crippen MR) is 83.6 cm³/mol. The van der Waals surface area contributed by atoms with E-state index in [0.717, 1.165) is 37.6 Å². The second-order valence-electron chi connectivity index (χ2n) is 5.65. The highest BCUT2D eigenvalue weighted by Crippen LogP contribution is 2.25. The molecule has 4 nitrogen and oxygen atoms in total. The van der Waals surface area contributed by atoms with Gasteiger partial charge in [0.1, 0.15) is 6.26 Å². The largest absolute Gasteiger partial charge is 0.612 e. The maximum absolute atomic E-state index is 11.6. The molecule has 1 atom stereocenters.